The molecule has 0 aliphatic rings. The largest absolute Gasteiger partial charge is 0.456 e. The normalized spacial score (nSPS) is 11.7. The zero-order chi connectivity index (χ0) is 32.3. The molecule has 0 radical (unpaired) electrons. The van der Waals surface area contributed by atoms with E-state index in [0.29, 0.717) is 17.5 Å². The van der Waals surface area contributed by atoms with Crippen molar-refractivity contribution < 1.29 is 4.42 Å². The van der Waals surface area contributed by atoms with Gasteiger partial charge < -0.3 is 4.42 Å². The van der Waals surface area contributed by atoms with Crippen LogP contribution in [0, 0.1) is 0 Å². The quantitative estimate of drug-likeness (QED) is 0.182. The van der Waals surface area contributed by atoms with Crippen LogP contribution in [0.1, 0.15) is 0 Å². The first kappa shape index (κ1) is 27.4. The van der Waals surface area contributed by atoms with E-state index in [4.69, 9.17) is 24.4 Å². The smallest absolute Gasteiger partial charge is 0.164 e. The molecule has 0 saturated heterocycles. The highest BCUT2D eigenvalue weighted by Gasteiger charge is 2.18. The van der Waals surface area contributed by atoms with Crippen LogP contribution in [0.3, 0.4) is 0 Å². The standard InChI is InChI=1S/C44H26N4O/c1-2-11-28(12-3-1)42-46-43(48-44(47-42)34-17-10-20-39-41(34)33-16-7-9-19-38(33)49-39)29-23-21-27(22-24-29)35-25-30-13-4-5-14-31(30)36-26-45-37-18-8-6-15-32(37)40(35)36/h1-26H. The number of hydrogen-bond donors (Lipinski definition) is 0. The van der Waals surface area contributed by atoms with Crippen molar-refractivity contribution >= 4 is 54.4 Å². The first-order chi connectivity index (χ1) is 24.3. The summed E-state index contributed by atoms with van der Waals surface area (Å²) in [4.78, 5) is 19.9. The number of aromatic nitrogens is 4. The molecule has 10 aromatic rings. The fourth-order valence-corrected chi connectivity index (χ4v) is 7.06. The molecule has 10 rings (SSSR count). The fraction of sp³-hybridized carbons (Fsp3) is 0. The van der Waals surface area contributed by atoms with Crippen LogP contribution in [-0.2, 0) is 0 Å². The monoisotopic (exact) mass is 626 g/mol. The molecule has 3 heterocycles. The molecule has 228 valence electrons. The van der Waals surface area contributed by atoms with Crippen LogP contribution in [0.4, 0.5) is 0 Å². The van der Waals surface area contributed by atoms with E-state index in [9.17, 15) is 0 Å². The zero-order valence-electron chi connectivity index (χ0n) is 26.2. The van der Waals surface area contributed by atoms with Crippen LogP contribution < -0.4 is 0 Å². The average molecular weight is 627 g/mol. The Morgan fingerprint density at radius 2 is 1.02 bits per heavy atom. The van der Waals surface area contributed by atoms with Gasteiger partial charge in [-0.3, -0.25) is 4.98 Å². The molecule has 5 heteroatoms. The van der Waals surface area contributed by atoms with Crippen LogP contribution >= 0.6 is 0 Å². The lowest BCUT2D eigenvalue weighted by atomic mass is 9.91. The Balaban J connectivity index is 1.16. The number of pyridine rings is 1. The summed E-state index contributed by atoms with van der Waals surface area (Å²) in [6.45, 7) is 0. The van der Waals surface area contributed by atoms with Gasteiger partial charge in [0.1, 0.15) is 11.2 Å². The number of hydrogen-bond acceptors (Lipinski definition) is 5. The highest BCUT2D eigenvalue weighted by Crippen LogP contribution is 2.40. The zero-order valence-corrected chi connectivity index (χ0v) is 26.2. The van der Waals surface area contributed by atoms with Gasteiger partial charge in [-0.1, -0.05) is 127 Å². The fourth-order valence-electron chi connectivity index (χ4n) is 7.06. The summed E-state index contributed by atoms with van der Waals surface area (Å²) >= 11 is 0. The van der Waals surface area contributed by atoms with Gasteiger partial charge in [0.25, 0.3) is 0 Å². The minimum atomic E-state index is 0.601. The summed E-state index contributed by atoms with van der Waals surface area (Å²) < 4.78 is 6.21. The number of furan rings is 1. The SMILES string of the molecule is c1ccc(-c2nc(-c3ccc(-c4cc5ccccc5c5cnc6ccccc6c45)cc3)nc(-c3cccc4oc5ccccc5c34)n2)cc1. The van der Waals surface area contributed by atoms with E-state index in [1.807, 2.05) is 72.9 Å². The average Bonchev–Trinajstić information content (AvgIpc) is 3.57. The second-order valence-corrected chi connectivity index (χ2v) is 12.2. The minimum absolute atomic E-state index is 0.601. The van der Waals surface area contributed by atoms with Gasteiger partial charge in [0.15, 0.2) is 17.5 Å². The van der Waals surface area contributed by atoms with E-state index < -0.39 is 0 Å². The van der Waals surface area contributed by atoms with E-state index in [1.54, 1.807) is 0 Å². The van der Waals surface area contributed by atoms with Crippen molar-refractivity contribution in [2.24, 2.45) is 0 Å². The molecule has 0 bridgehead atoms. The van der Waals surface area contributed by atoms with Gasteiger partial charge in [0.05, 0.1) is 5.52 Å². The van der Waals surface area contributed by atoms with Crippen LogP contribution in [0.2, 0.25) is 0 Å². The molecule has 3 aromatic heterocycles. The Morgan fingerprint density at radius 3 is 1.86 bits per heavy atom. The molecule has 0 N–H and O–H groups in total. The van der Waals surface area contributed by atoms with E-state index in [-0.39, 0.29) is 0 Å². The number of para-hydroxylation sites is 2. The van der Waals surface area contributed by atoms with Crippen molar-refractivity contribution in [3.63, 3.8) is 0 Å². The van der Waals surface area contributed by atoms with Gasteiger partial charge in [-0.15, -0.1) is 0 Å². The molecular weight excluding hydrogens is 601 g/mol. The predicted molar refractivity (Wildman–Crippen MR) is 199 cm³/mol. The highest BCUT2D eigenvalue weighted by molar-refractivity contribution is 6.22. The Labute approximate surface area is 281 Å². The molecule has 0 saturated carbocycles. The minimum Gasteiger partial charge on any atom is -0.456 e. The highest BCUT2D eigenvalue weighted by atomic mass is 16.3. The third-order valence-electron chi connectivity index (χ3n) is 9.36. The summed E-state index contributed by atoms with van der Waals surface area (Å²) in [5.41, 5.74) is 7.64. The number of rotatable bonds is 4. The van der Waals surface area contributed by atoms with Crippen molar-refractivity contribution in [1.29, 1.82) is 0 Å². The maximum absolute atomic E-state index is 6.21. The molecule has 0 spiro atoms. The summed E-state index contributed by atoms with van der Waals surface area (Å²) in [6, 6.07) is 52.0. The summed E-state index contributed by atoms with van der Waals surface area (Å²) in [7, 11) is 0. The van der Waals surface area contributed by atoms with Crippen LogP contribution in [-0.4, -0.2) is 19.9 Å². The molecule has 5 nitrogen and oxygen atoms in total. The number of nitrogens with zero attached hydrogens (tertiary/aromatic N) is 4. The van der Waals surface area contributed by atoms with E-state index in [0.717, 1.165) is 60.5 Å². The Hall–Kier alpha value is -6.72. The van der Waals surface area contributed by atoms with E-state index >= 15 is 0 Å². The molecule has 0 unspecified atom stereocenters. The van der Waals surface area contributed by atoms with E-state index in [1.165, 1.54) is 21.7 Å². The Bertz CT molecular complexity index is 2880. The molecule has 7 aromatic carbocycles. The predicted octanol–water partition coefficient (Wildman–Crippen LogP) is 11.3. The number of benzene rings is 7. The van der Waals surface area contributed by atoms with Crippen molar-refractivity contribution in [1.82, 2.24) is 19.9 Å². The van der Waals surface area contributed by atoms with Gasteiger partial charge in [-0.25, -0.2) is 15.0 Å². The second kappa shape index (κ2) is 10.9. The molecule has 49 heavy (non-hydrogen) atoms. The van der Waals surface area contributed by atoms with Crippen molar-refractivity contribution in [3.05, 3.63) is 158 Å². The first-order valence-electron chi connectivity index (χ1n) is 16.3. The molecule has 0 aliphatic carbocycles. The third kappa shape index (κ3) is 4.48. The third-order valence-corrected chi connectivity index (χ3v) is 9.36. The maximum Gasteiger partial charge on any atom is 0.164 e. The lowest BCUT2D eigenvalue weighted by Gasteiger charge is -2.14. The molecule has 0 fully saturated rings. The molecule has 0 amide bonds. The topological polar surface area (TPSA) is 64.7 Å². The summed E-state index contributed by atoms with van der Waals surface area (Å²) in [5.74, 6) is 1.83. The van der Waals surface area contributed by atoms with E-state index in [2.05, 4.69) is 84.9 Å². The van der Waals surface area contributed by atoms with Gasteiger partial charge >= 0.3 is 0 Å². The van der Waals surface area contributed by atoms with Crippen LogP contribution in [0.25, 0.3) is 99.7 Å². The molecule has 0 aliphatic heterocycles. The van der Waals surface area contributed by atoms with Gasteiger partial charge in [0.2, 0.25) is 0 Å². The second-order valence-electron chi connectivity index (χ2n) is 12.2. The lowest BCUT2D eigenvalue weighted by molar-refractivity contribution is 0.669. The van der Waals surface area contributed by atoms with Crippen molar-refractivity contribution in [2.75, 3.05) is 0 Å². The first-order valence-corrected chi connectivity index (χ1v) is 16.3. The molecule has 0 atom stereocenters. The van der Waals surface area contributed by atoms with Crippen molar-refractivity contribution in [3.8, 4) is 45.3 Å². The van der Waals surface area contributed by atoms with Crippen molar-refractivity contribution in [2.45, 2.75) is 0 Å². The van der Waals surface area contributed by atoms with Gasteiger partial charge in [0, 0.05) is 49.8 Å². The lowest BCUT2D eigenvalue weighted by Crippen LogP contribution is -2.00. The molecular formula is C44H26N4O. The van der Waals surface area contributed by atoms with Crippen LogP contribution in [0.5, 0.6) is 0 Å². The summed E-state index contributed by atoms with van der Waals surface area (Å²) in [5, 5.41) is 7.89. The number of fused-ring (bicyclic) bond motifs is 8. The Morgan fingerprint density at radius 1 is 0.388 bits per heavy atom. The van der Waals surface area contributed by atoms with Crippen LogP contribution in [0.15, 0.2) is 162 Å². The van der Waals surface area contributed by atoms with Gasteiger partial charge in [-0.05, 0) is 46.2 Å². The summed E-state index contributed by atoms with van der Waals surface area (Å²) in [6.07, 6.45) is 2.01. The Kier molecular flexibility index (Phi) is 6.11. The van der Waals surface area contributed by atoms with Gasteiger partial charge in [-0.2, -0.15) is 0 Å². The maximum atomic E-state index is 6.21.